The van der Waals surface area contributed by atoms with E-state index in [1.54, 1.807) is 45.0 Å². The van der Waals surface area contributed by atoms with Crippen molar-refractivity contribution in [3.63, 3.8) is 0 Å². The van der Waals surface area contributed by atoms with Gasteiger partial charge in [-0.2, -0.15) is 8.78 Å². The smallest absolute Gasteiger partial charge is 0.338 e. The number of halogens is 2. The van der Waals surface area contributed by atoms with E-state index in [9.17, 15) is 18.4 Å². The van der Waals surface area contributed by atoms with Gasteiger partial charge in [-0.3, -0.25) is 9.69 Å². The zero-order valence-corrected chi connectivity index (χ0v) is 17.7. The van der Waals surface area contributed by atoms with Gasteiger partial charge in [0.05, 0.1) is 12.1 Å². The molecule has 1 amide bonds. The van der Waals surface area contributed by atoms with E-state index in [-0.39, 0.29) is 25.1 Å². The fourth-order valence-electron chi connectivity index (χ4n) is 3.73. The Morgan fingerprint density at radius 2 is 1.87 bits per heavy atom. The Bertz CT molecular complexity index is 995. The number of alkyl halides is 2. The van der Waals surface area contributed by atoms with Crippen molar-refractivity contribution in [2.45, 2.75) is 45.3 Å². The van der Waals surface area contributed by atoms with Gasteiger partial charge in [0.25, 0.3) is 5.91 Å². The molecule has 9 heteroatoms. The number of amides is 1. The lowest BCUT2D eigenvalue weighted by Crippen LogP contribution is -2.40. The minimum absolute atomic E-state index is 0.0201. The Balaban J connectivity index is 1.56. The Morgan fingerprint density at radius 3 is 2.48 bits per heavy atom. The van der Waals surface area contributed by atoms with Gasteiger partial charge in [0.2, 0.25) is 0 Å². The number of hydrogen-bond donors (Lipinski definition) is 1. The number of anilines is 2. The second-order valence-corrected chi connectivity index (χ2v) is 8.67. The molecule has 0 bridgehead atoms. The highest BCUT2D eigenvalue weighted by Gasteiger charge is 2.45. The van der Waals surface area contributed by atoms with Crippen molar-refractivity contribution in [2.75, 3.05) is 24.6 Å². The first-order valence-corrected chi connectivity index (χ1v) is 10.2. The third kappa shape index (κ3) is 4.22. The Kier molecular flexibility index (Phi) is 5.15. The molecule has 166 valence electrons. The summed E-state index contributed by atoms with van der Waals surface area (Å²) in [5.74, 6) is -0.225. The summed E-state index contributed by atoms with van der Waals surface area (Å²) in [5.41, 5.74) is 0.660. The maximum absolute atomic E-state index is 14.0. The van der Waals surface area contributed by atoms with Crippen LogP contribution in [0.3, 0.4) is 0 Å². The van der Waals surface area contributed by atoms with E-state index in [1.165, 1.54) is 6.07 Å². The second kappa shape index (κ2) is 7.55. The number of esters is 1. The molecule has 0 unspecified atom stereocenters. The Labute approximate surface area is 178 Å². The topological polar surface area (TPSA) is 74.9 Å². The van der Waals surface area contributed by atoms with E-state index >= 15 is 0 Å². The van der Waals surface area contributed by atoms with Crippen LogP contribution in [0.4, 0.5) is 20.3 Å². The number of benzene rings is 1. The SMILES string of the molecule is CC(C)(C)OC(=O)c1ccc(N2CCOc3cc(C(=O)N4CCCC4(F)F)[nH]c32)cc1. The van der Waals surface area contributed by atoms with Crippen molar-refractivity contribution in [3.05, 3.63) is 41.6 Å². The summed E-state index contributed by atoms with van der Waals surface area (Å²) in [6, 6.07) is 5.20. The van der Waals surface area contributed by atoms with Gasteiger partial charge in [0, 0.05) is 24.7 Å². The van der Waals surface area contributed by atoms with Crippen LogP contribution in [0.1, 0.15) is 54.5 Å². The number of fused-ring (bicyclic) bond motifs is 1. The normalized spacial score (nSPS) is 17.8. The number of ether oxygens (including phenoxy) is 2. The summed E-state index contributed by atoms with van der Waals surface area (Å²) in [6.45, 7) is 6.29. The first kappa shape index (κ1) is 21.1. The molecule has 1 aromatic heterocycles. The summed E-state index contributed by atoms with van der Waals surface area (Å²) in [5, 5.41) is 0. The standard InChI is InChI=1S/C22H25F2N3O4/c1-21(2,3)31-20(29)14-5-7-15(8-6-14)26-11-12-30-17-13-16(25-18(17)26)19(28)27-10-4-9-22(27,23)24/h5-8,13,25H,4,9-12H2,1-3H3. The molecule has 2 aromatic rings. The molecular weight excluding hydrogens is 408 g/mol. The van der Waals surface area contributed by atoms with Gasteiger partial charge in [-0.1, -0.05) is 0 Å². The third-order valence-electron chi connectivity index (χ3n) is 5.15. The highest BCUT2D eigenvalue weighted by molar-refractivity contribution is 5.95. The average molecular weight is 433 g/mol. The molecule has 1 fully saturated rings. The first-order chi connectivity index (χ1) is 14.5. The van der Waals surface area contributed by atoms with Crippen molar-refractivity contribution < 1.29 is 27.8 Å². The third-order valence-corrected chi connectivity index (χ3v) is 5.15. The van der Waals surface area contributed by atoms with Gasteiger partial charge >= 0.3 is 12.0 Å². The number of rotatable bonds is 3. The summed E-state index contributed by atoms with van der Waals surface area (Å²) >= 11 is 0. The zero-order chi connectivity index (χ0) is 22.4. The maximum atomic E-state index is 14.0. The van der Waals surface area contributed by atoms with Crippen LogP contribution in [-0.4, -0.2) is 53.1 Å². The van der Waals surface area contributed by atoms with Crippen molar-refractivity contribution in [1.29, 1.82) is 0 Å². The molecule has 2 aliphatic heterocycles. The number of likely N-dealkylation sites (tertiary alicyclic amines) is 1. The molecular formula is C22H25F2N3O4. The van der Waals surface area contributed by atoms with E-state index in [1.807, 2.05) is 4.90 Å². The monoisotopic (exact) mass is 433 g/mol. The highest BCUT2D eigenvalue weighted by Crippen LogP contribution is 2.39. The van der Waals surface area contributed by atoms with Crippen LogP contribution in [0, 0.1) is 0 Å². The predicted octanol–water partition coefficient (Wildman–Crippen LogP) is 4.33. The minimum atomic E-state index is -3.14. The molecule has 1 aromatic carbocycles. The maximum Gasteiger partial charge on any atom is 0.338 e. The summed E-state index contributed by atoms with van der Waals surface area (Å²) in [7, 11) is 0. The van der Waals surface area contributed by atoms with Crippen LogP contribution in [0.25, 0.3) is 0 Å². The van der Waals surface area contributed by atoms with E-state index in [0.717, 1.165) is 5.69 Å². The minimum Gasteiger partial charge on any atom is -0.488 e. The molecule has 7 nitrogen and oxygen atoms in total. The molecule has 0 atom stereocenters. The van der Waals surface area contributed by atoms with E-state index in [2.05, 4.69) is 4.98 Å². The lowest BCUT2D eigenvalue weighted by molar-refractivity contribution is -0.0975. The molecule has 3 heterocycles. The predicted molar refractivity (Wildman–Crippen MR) is 110 cm³/mol. The average Bonchev–Trinajstić information content (AvgIpc) is 3.28. The molecule has 1 N–H and O–H groups in total. The number of aromatic nitrogens is 1. The zero-order valence-electron chi connectivity index (χ0n) is 17.7. The van der Waals surface area contributed by atoms with Crippen molar-refractivity contribution in [2.24, 2.45) is 0 Å². The lowest BCUT2D eigenvalue weighted by Gasteiger charge is -2.29. The summed E-state index contributed by atoms with van der Waals surface area (Å²) in [4.78, 5) is 30.3. The number of carbonyl (C=O) groups is 2. The fourth-order valence-corrected chi connectivity index (χ4v) is 3.73. The van der Waals surface area contributed by atoms with Gasteiger partial charge in [-0.25, -0.2) is 4.79 Å². The molecule has 0 spiro atoms. The number of hydrogen-bond acceptors (Lipinski definition) is 5. The van der Waals surface area contributed by atoms with Gasteiger partial charge in [0.15, 0.2) is 11.6 Å². The van der Waals surface area contributed by atoms with Crippen LogP contribution < -0.4 is 9.64 Å². The number of nitrogens with one attached hydrogen (secondary N) is 1. The number of aromatic amines is 1. The molecule has 1 saturated heterocycles. The summed E-state index contributed by atoms with van der Waals surface area (Å²) in [6.07, 6.45) is -0.0580. The van der Waals surface area contributed by atoms with Crippen LogP contribution >= 0.6 is 0 Å². The van der Waals surface area contributed by atoms with E-state index in [4.69, 9.17) is 9.47 Å². The second-order valence-electron chi connectivity index (χ2n) is 8.67. The van der Waals surface area contributed by atoms with Crippen molar-refractivity contribution >= 4 is 23.4 Å². The molecule has 31 heavy (non-hydrogen) atoms. The van der Waals surface area contributed by atoms with Gasteiger partial charge in [-0.05, 0) is 51.5 Å². The van der Waals surface area contributed by atoms with Gasteiger partial charge in [0.1, 0.15) is 17.9 Å². The Morgan fingerprint density at radius 1 is 1.16 bits per heavy atom. The van der Waals surface area contributed by atoms with Gasteiger partial charge < -0.3 is 19.4 Å². The fraction of sp³-hybridized carbons (Fsp3) is 0.455. The van der Waals surface area contributed by atoms with Crippen LogP contribution in [-0.2, 0) is 4.74 Å². The number of nitrogens with zero attached hydrogens (tertiary/aromatic N) is 2. The Hall–Kier alpha value is -3.10. The van der Waals surface area contributed by atoms with Crippen molar-refractivity contribution in [3.8, 4) is 5.75 Å². The molecule has 2 aliphatic rings. The van der Waals surface area contributed by atoms with Crippen LogP contribution in [0.2, 0.25) is 0 Å². The molecule has 4 rings (SSSR count). The quantitative estimate of drug-likeness (QED) is 0.576. The lowest BCUT2D eigenvalue weighted by atomic mass is 10.1. The number of H-pyrrole nitrogens is 1. The molecule has 0 saturated carbocycles. The van der Waals surface area contributed by atoms with E-state index < -0.39 is 23.5 Å². The van der Waals surface area contributed by atoms with Crippen LogP contribution in [0.15, 0.2) is 30.3 Å². The van der Waals surface area contributed by atoms with Crippen molar-refractivity contribution in [1.82, 2.24) is 9.88 Å². The number of carbonyl (C=O) groups excluding carboxylic acids is 2. The first-order valence-electron chi connectivity index (χ1n) is 10.2. The largest absolute Gasteiger partial charge is 0.488 e. The van der Waals surface area contributed by atoms with Gasteiger partial charge in [-0.15, -0.1) is 0 Å². The van der Waals surface area contributed by atoms with E-state index in [0.29, 0.717) is 35.2 Å². The van der Waals surface area contributed by atoms with Crippen LogP contribution in [0.5, 0.6) is 5.75 Å². The summed E-state index contributed by atoms with van der Waals surface area (Å²) < 4.78 is 39.0. The highest BCUT2D eigenvalue weighted by atomic mass is 19.3. The molecule has 0 aliphatic carbocycles. The molecule has 0 radical (unpaired) electrons.